The van der Waals surface area contributed by atoms with E-state index in [1.54, 1.807) is 17.2 Å². The van der Waals surface area contributed by atoms with Crippen molar-refractivity contribution in [2.45, 2.75) is 19.4 Å². The maximum atomic E-state index is 5.32. The second kappa shape index (κ2) is 4.00. The smallest absolute Gasteiger partial charge is 0.0693 e. The normalized spacial score (nSPS) is 10.1. The Morgan fingerprint density at radius 3 is 2.50 bits per heavy atom. The van der Waals surface area contributed by atoms with Gasteiger partial charge in [0.25, 0.3) is 0 Å². The Hall–Kier alpha value is -0.900. The number of aryl methyl sites for hydroxylation is 1. The quantitative estimate of drug-likeness (QED) is 0.600. The molecule has 0 aliphatic carbocycles. The minimum atomic E-state index is 0.751. The molecule has 0 aliphatic heterocycles. The molecule has 0 spiro atoms. The Morgan fingerprint density at radius 1 is 1.20 bits per heavy atom. The average molecular weight is 140 g/mol. The number of hydrogen-bond donors (Lipinski definition) is 1. The summed E-state index contributed by atoms with van der Waals surface area (Å²) < 4.78 is 0. The lowest BCUT2D eigenvalue weighted by atomic mass is 10.3. The van der Waals surface area contributed by atoms with E-state index in [0.29, 0.717) is 0 Å². The van der Waals surface area contributed by atoms with Gasteiger partial charge in [0.1, 0.15) is 0 Å². The highest BCUT2D eigenvalue weighted by atomic mass is 15.5. The first-order valence-electron chi connectivity index (χ1n) is 3.47. The molecule has 2 N–H and O–H groups in total. The Bertz CT molecular complexity index is 158. The van der Waals surface area contributed by atoms with Crippen molar-refractivity contribution in [3.63, 3.8) is 0 Å². The van der Waals surface area contributed by atoms with E-state index in [2.05, 4.69) is 10.2 Å². The van der Waals surface area contributed by atoms with Crippen LogP contribution in [0.15, 0.2) is 12.4 Å². The molecule has 0 saturated carbocycles. The number of nitrogens with two attached hydrogens (primary N) is 1. The molecule has 0 atom stereocenters. The molecule has 1 rings (SSSR count). The van der Waals surface area contributed by atoms with Gasteiger partial charge in [0.2, 0.25) is 0 Å². The predicted octanol–water partition coefficient (Wildman–Crippen LogP) is 0.0170. The Balaban J connectivity index is 2.15. The van der Waals surface area contributed by atoms with Crippen LogP contribution in [0.2, 0.25) is 0 Å². The van der Waals surface area contributed by atoms with Gasteiger partial charge in [0.05, 0.1) is 18.9 Å². The van der Waals surface area contributed by atoms with Crippen LogP contribution in [0.4, 0.5) is 0 Å². The molecule has 1 heterocycles. The van der Waals surface area contributed by atoms with E-state index in [1.807, 2.05) is 0 Å². The van der Waals surface area contributed by atoms with Crippen LogP contribution in [0.5, 0.6) is 0 Å². The summed E-state index contributed by atoms with van der Waals surface area (Å²) in [5, 5.41) is 7.91. The van der Waals surface area contributed by atoms with E-state index in [4.69, 9.17) is 5.73 Å². The number of rotatable bonds is 4. The summed E-state index contributed by atoms with van der Waals surface area (Å²) >= 11 is 0. The van der Waals surface area contributed by atoms with E-state index >= 15 is 0 Å². The third kappa shape index (κ3) is 2.14. The number of unbranched alkanes of at least 4 members (excludes halogenated alkanes) is 1. The molecule has 0 amide bonds. The van der Waals surface area contributed by atoms with E-state index in [0.717, 1.165) is 25.9 Å². The molecule has 4 heteroatoms. The van der Waals surface area contributed by atoms with Gasteiger partial charge in [-0.15, -0.1) is 0 Å². The number of aromatic nitrogens is 3. The zero-order valence-corrected chi connectivity index (χ0v) is 5.90. The monoisotopic (exact) mass is 140 g/mol. The summed E-state index contributed by atoms with van der Waals surface area (Å²) in [5.41, 5.74) is 5.32. The maximum Gasteiger partial charge on any atom is 0.0693 e. The van der Waals surface area contributed by atoms with Crippen molar-refractivity contribution < 1.29 is 0 Å². The molecular weight excluding hydrogens is 128 g/mol. The summed E-state index contributed by atoms with van der Waals surface area (Å²) in [6, 6.07) is 0. The number of nitrogens with zero attached hydrogens (tertiary/aromatic N) is 3. The third-order valence-corrected chi connectivity index (χ3v) is 1.28. The second-order valence-corrected chi connectivity index (χ2v) is 2.12. The largest absolute Gasteiger partial charge is 0.330 e. The highest BCUT2D eigenvalue weighted by Gasteiger charge is 1.89. The van der Waals surface area contributed by atoms with Crippen molar-refractivity contribution >= 4 is 0 Å². The maximum absolute atomic E-state index is 5.32. The third-order valence-electron chi connectivity index (χ3n) is 1.28. The minimum Gasteiger partial charge on any atom is -0.330 e. The summed E-state index contributed by atoms with van der Waals surface area (Å²) in [6.45, 7) is 1.63. The first-order chi connectivity index (χ1) is 4.93. The van der Waals surface area contributed by atoms with Gasteiger partial charge in [-0.2, -0.15) is 15.0 Å². The van der Waals surface area contributed by atoms with Crippen LogP contribution in [0.25, 0.3) is 0 Å². The van der Waals surface area contributed by atoms with Gasteiger partial charge in [-0.3, -0.25) is 0 Å². The lowest BCUT2D eigenvalue weighted by Gasteiger charge is -1.96. The van der Waals surface area contributed by atoms with Gasteiger partial charge in [-0.25, -0.2) is 0 Å². The van der Waals surface area contributed by atoms with Crippen molar-refractivity contribution in [1.82, 2.24) is 15.0 Å². The first kappa shape index (κ1) is 7.21. The highest BCUT2D eigenvalue weighted by molar-refractivity contribution is 4.59. The molecular formula is C6H12N4. The van der Waals surface area contributed by atoms with Crippen LogP contribution < -0.4 is 5.73 Å². The fourth-order valence-corrected chi connectivity index (χ4v) is 0.756. The van der Waals surface area contributed by atoms with E-state index in [-0.39, 0.29) is 0 Å². The standard InChI is InChI=1S/C6H12N4/c7-3-1-2-6-10-8-4-5-9-10/h4-5H,1-3,6-7H2. The van der Waals surface area contributed by atoms with Gasteiger partial charge in [-0.1, -0.05) is 0 Å². The Morgan fingerprint density at radius 2 is 1.90 bits per heavy atom. The van der Waals surface area contributed by atoms with E-state index in [1.165, 1.54) is 0 Å². The molecule has 0 saturated heterocycles. The highest BCUT2D eigenvalue weighted by Crippen LogP contribution is 1.88. The Kier molecular flexibility index (Phi) is 2.89. The van der Waals surface area contributed by atoms with Gasteiger partial charge in [0.15, 0.2) is 0 Å². The van der Waals surface area contributed by atoms with Gasteiger partial charge >= 0.3 is 0 Å². The van der Waals surface area contributed by atoms with E-state index < -0.39 is 0 Å². The predicted molar refractivity (Wildman–Crippen MR) is 38.3 cm³/mol. The molecule has 0 fully saturated rings. The summed E-state index contributed by atoms with van der Waals surface area (Å²) in [5.74, 6) is 0. The molecule has 56 valence electrons. The molecule has 10 heavy (non-hydrogen) atoms. The summed E-state index contributed by atoms with van der Waals surface area (Å²) in [4.78, 5) is 1.68. The summed E-state index contributed by atoms with van der Waals surface area (Å²) in [7, 11) is 0. The summed E-state index contributed by atoms with van der Waals surface area (Å²) in [6.07, 6.45) is 5.47. The Labute approximate surface area is 60.0 Å². The van der Waals surface area contributed by atoms with Crippen molar-refractivity contribution in [2.75, 3.05) is 6.54 Å². The van der Waals surface area contributed by atoms with Crippen molar-refractivity contribution in [3.05, 3.63) is 12.4 Å². The van der Waals surface area contributed by atoms with Crippen molar-refractivity contribution in [2.24, 2.45) is 5.73 Å². The van der Waals surface area contributed by atoms with Gasteiger partial charge in [-0.05, 0) is 19.4 Å². The topological polar surface area (TPSA) is 56.7 Å². The molecule has 0 unspecified atom stereocenters. The molecule has 0 radical (unpaired) electrons. The minimum absolute atomic E-state index is 0.751. The van der Waals surface area contributed by atoms with Crippen molar-refractivity contribution in [3.8, 4) is 0 Å². The van der Waals surface area contributed by atoms with Crippen LogP contribution in [0, 0.1) is 0 Å². The molecule has 0 bridgehead atoms. The van der Waals surface area contributed by atoms with Crippen LogP contribution >= 0.6 is 0 Å². The van der Waals surface area contributed by atoms with Crippen LogP contribution in [-0.2, 0) is 6.54 Å². The van der Waals surface area contributed by atoms with Gasteiger partial charge < -0.3 is 5.73 Å². The average Bonchev–Trinajstić information content (AvgIpc) is 2.41. The zero-order valence-electron chi connectivity index (χ0n) is 5.90. The first-order valence-corrected chi connectivity index (χ1v) is 3.47. The fraction of sp³-hybridized carbons (Fsp3) is 0.667. The molecule has 4 nitrogen and oxygen atoms in total. The van der Waals surface area contributed by atoms with Crippen LogP contribution in [-0.4, -0.2) is 21.5 Å². The molecule has 1 aromatic rings. The van der Waals surface area contributed by atoms with Crippen LogP contribution in [0.3, 0.4) is 0 Å². The second-order valence-electron chi connectivity index (χ2n) is 2.12. The van der Waals surface area contributed by atoms with Gasteiger partial charge in [0, 0.05) is 0 Å². The lowest BCUT2D eigenvalue weighted by molar-refractivity contribution is 0.502. The number of hydrogen-bond acceptors (Lipinski definition) is 3. The zero-order chi connectivity index (χ0) is 7.23. The van der Waals surface area contributed by atoms with Crippen LogP contribution in [0.1, 0.15) is 12.8 Å². The SMILES string of the molecule is NCCCCn1nccn1. The molecule has 1 aromatic heterocycles. The lowest BCUT2D eigenvalue weighted by Crippen LogP contribution is -2.05. The molecule has 0 aromatic carbocycles. The fourth-order valence-electron chi connectivity index (χ4n) is 0.756. The molecule has 0 aliphatic rings. The van der Waals surface area contributed by atoms with Crippen molar-refractivity contribution in [1.29, 1.82) is 0 Å². The van der Waals surface area contributed by atoms with E-state index in [9.17, 15) is 0 Å².